The Kier molecular flexibility index (Phi) is 4.31. The van der Waals surface area contributed by atoms with Crippen LogP contribution in [0.5, 0.6) is 5.75 Å². The highest BCUT2D eigenvalue weighted by Crippen LogP contribution is 2.49. The first-order valence-electron chi connectivity index (χ1n) is 7.70. The maximum absolute atomic E-state index is 12.9. The highest BCUT2D eigenvalue weighted by Gasteiger charge is 2.52. The molecule has 0 N–H and O–H groups in total. The molecule has 1 amide bonds. The molecule has 0 spiro atoms. The standard InChI is InChI=1S/C19H20ClNO2/c1-21(13-14-4-3-5-17(12-14)23-2)18(22)19(10-11-19)15-6-8-16(20)9-7-15/h3-9,12H,10-11,13H2,1-2H3. The van der Waals surface area contributed by atoms with Gasteiger partial charge < -0.3 is 9.64 Å². The third kappa shape index (κ3) is 3.20. The van der Waals surface area contributed by atoms with Gasteiger partial charge in [-0.3, -0.25) is 4.79 Å². The van der Waals surface area contributed by atoms with E-state index in [1.54, 1.807) is 12.0 Å². The van der Waals surface area contributed by atoms with Crippen LogP contribution in [0.25, 0.3) is 0 Å². The molecule has 0 heterocycles. The van der Waals surface area contributed by atoms with Crippen molar-refractivity contribution in [1.29, 1.82) is 0 Å². The van der Waals surface area contributed by atoms with Crippen LogP contribution in [0.3, 0.4) is 0 Å². The summed E-state index contributed by atoms with van der Waals surface area (Å²) in [6, 6.07) is 15.5. The lowest BCUT2D eigenvalue weighted by Gasteiger charge is -2.24. The summed E-state index contributed by atoms with van der Waals surface area (Å²) in [6.45, 7) is 0.575. The van der Waals surface area contributed by atoms with Crippen LogP contribution in [0.15, 0.2) is 48.5 Å². The molecule has 0 unspecified atom stereocenters. The van der Waals surface area contributed by atoms with E-state index in [0.717, 1.165) is 29.7 Å². The molecule has 1 saturated carbocycles. The summed E-state index contributed by atoms with van der Waals surface area (Å²) in [5, 5.41) is 0.696. The van der Waals surface area contributed by atoms with Gasteiger partial charge >= 0.3 is 0 Å². The van der Waals surface area contributed by atoms with Gasteiger partial charge in [-0.05, 0) is 48.2 Å². The average Bonchev–Trinajstić information content (AvgIpc) is 3.36. The zero-order valence-corrected chi connectivity index (χ0v) is 14.1. The maximum Gasteiger partial charge on any atom is 0.233 e. The van der Waals surface area contributed by atoms with Gasteiger partial charge in [0.05, 0.1) is 12.5 Å². The average molecular weight is 330 g/mol. The predicted molar refractivity (Wildman–Crippen MR) is 91.8 cm³/mol. The number of ether oxygens (including phenoxy) is 1. The molecule has 0 atom stereocenters. The van der Waals surface area contributed by atoms with E-state index in [1.807, 2.05) is 55.6 Å². The Morgan fingerprint density at radius 3 is 2.52 bits per heavy atom. The van der Waals surface area contributed by atoms with E-state index in [9.17, 15) is 4.79 Å². The van der Waals surface area contributed by atoms with Gasteiger partial charge in [0.2, 0.25) is 5.91 Å². The molecule has 2 aromatic carbocycles. The van der Waals surface area contributed by atoms with E-state index in [4.69, 9.17) is 16.3 Å². The van der Waals surface area contributed by atoms with Gasteiger partial charge in [-0.25, -0.2) is 0 Å². The van der Waals surface area contributed by atoms with Crippen molar-refractivity contribution < 1.29 is 9.53 Å². The summed E-state index contributed by atoms with van der Waals surface area (Å²) in [7, 11) is 3.51. The van der Waals surface area contributed by atoms with Crippen molar-refractivity contribution in [3.63, 3.8) is 0 Å². The zero-order chi connectivity index (χ0) is 16.4. The molecule has 23 heavy (non-hydrogen) atoms. The van der Waals surface area contributed by atoms with E-state index < -0.39 is 0 Å². The minimum atomic E-state index is -0.363. The van der Waals surface area contributed by atoms with Gasteiger partial charge in [-0.1, -0.05) is 35.9 Å². The molecule has 2 aromatic rings. The molecule has 0 radical (unpaired) electrons. The molecule has 0 aromatic heterocycles. The fourth-order valence-corrected chi connectivity index (χ4v) is 3.13. The molecule has 0 saturated heterocycles. The Bertz CT molecular complexity index is 708. The van der Waals surface area contributed by atoms with Crippen LogP contribution in [-0.4, -0.2) is 25.0 Å². The van der Waals surface area contributed by atoms with Crippen LogP contribution in [0, 0.1) is 0 Å². The third-order valence-corrected chi connectivity index (χ3v) is 4.71. The molecule has 0 aliphatic heterocycles. The Labute approximate surface area is 141 Å². The van der Waals surface area contributed by atoms with Crippen molar-refractivity contribution in [2.24, 2.45) is 0 Å². The number of benzene rings is 2. The number of nitrogens with zero attached hydrogens (tertiary/aromatic N) is 1. The molecular weight excluding hydrogens is 310 g/mol. The van der Waals surface area contributed by atoms with E-state index in [0.29, 0.717) is 11.6 Å². The minimum Gasteiger partial charge on any atom is -0.497 e. The highest BCUT2D eigenvalue weighted by atomic mass is 35.5. The quantitative estimate of drug-likeness (QED) is 0.828. The van der Waals surface area contributed by atoms with Crippen LogP contribution in [0.4, 0.5) is 0 Å². The van der Waals surface area contributed by atoms with Crippen molar-refractivity contribution in [1.82, 2.24) is 4.90 Å². The normalized spacial score (nSPS) is 15.1. The Balaban J connectivity index is 1.75. The predicted octanol–water partition coefficient (Wildman–Crippen LogP) is 4.04. The topological polar surface area (TPSA) is 29.5 Å². The molecule has 0 bridgehead atoms. The number of carbonyl (C=O) groups excluding carboxylic acids is 1. The molecule has 1 aliphatic rings. The fourth-order valence-electron chi connectivity index (χ4n) is 3.00. The Morgan fingerprint density at radius 2 is 1.91 bits per heavy atom. The highest BCUT2D eigenvalue weighted by molar-refractivity contribution is 6.30. The summed E-state index contributed by atoms with van der Waals surface area (Å²) >= 11 is 5.95. The smallest absolute Gasteiger partial charge is 0.233 e. The van der Waals surface area contributed by atoms with Crippen molar-refractivity contribution in [3.05, 3.63) is 64.7 Å². The van der Waals surface area contributed by atoms with Gasteiger partial charge in [0, 0.05) is 18.6 Å². The molecule has 3 nitrogen and oxygen atoms in total. The number of likely N-dealkylation sites (N-methyl/N-ethyl adjacent to an activating group) is 1. The summed E-state index contributed by atoms with van der Waals surface area (Å²) in [5.41, 5.74) is 1.76. The zero-order valence-electron chi connectivity index (χ0n) is 13.4. The lowest BCUT2D eigenvalue weighted by atomic mass is 9.94. The molecule has 4 heteroatoms. The van der Waals surface area contributed by atoms with E-state index >= 15 is 0 Å². The number of halogens is 1. The molecule has 3 rings (SSSR count). The first-order valence-corrected chi connectivity index (χ1v) is 8.07. The van der Waals surface area contributed by atoms with Crippen LogP contribution in [0.2, 0.25) is 5.02 Å². The van der Waals surface area contributed by atoms with Crippen molar-refractivity contribution >= 4 is 17.5 Å². The number of amides is 1. The second-order valence-electron chi connectivity index (χ2n) is 6.10. The van der Waals surface area contributed by atoms with Gasteiger partial charge in [0.25, 0.3) is 0 Å². The van der Waals surface area contributed by atoms with E-state index in [2.05, 4.69) is 0 Å². The minimum absolute atomic E-state index is 0.169. The first-order chi connectivity index (χ1) is 11.0. The van der Waals surface area contributed by atoms with Crippen molar-refractivity contribution in [2.45, 2.75) is 24.8 Å². The molecule has 1 aliphatic carbocycles. The lowest BCUT2D eigenvalue weighted by molar-refractivity contribution is -0.133. The van der Waals surface area contributed by atoms with E-state index in [1.165, 1.54) is 0 Å². The van der Waals surface area contributed by atoms with Crippen LogP contribution in [-0.2, 0) is 16.8 Å². The monoisotopic (exact) mass is 329 g/mol. The summed E-state index contributed by atoms with van der Waals surface area (Å²) in [6.07, 6.45) is 1.80. The fraction of sp³-hybridized carbons (Fsp3) is 0.316. The van der Waals surface area contributed by atoms with Crippen LogP contribution >= 0.6 is 11.6 Å². The SMILES string of the molecule is COc1cccc(CN(C)C(=O)C2(c3ccc(Cl)cc3)CC2)c1. The second-order valence-corrected chi connectivity index (χ2v) is 6.54. The number of hydrogen-bond acceptors (Lipinski definition) is 2. The number of rotatable bonds is 5. The van der Waals surface area contributed by atoms with E-state index in [-0.39, 0.29) is 11.3 Å². The van der Waals surface area contributed by atoms with Gasteiger partial charge in [0.1, 0.15) is 5.75 Å². The second kappa shape index (κ2) is 6.25. The maximum atomic E-state index is 12.9. The summed E-state index contributed by atoms with van der Waals surface area (Å²) < 4.78 is 5.24. The van der Waals surface area contributed by atoms with Gasteiger partial charge in [-0.2, -0.15) is 0 Å². The van der Waals surface area contributed by atoms with Crippen LogP contribution in [0.1, 0.15) is 24.0 Å². The molecular formula is C19H20ClNO2. The third-order valence-electron chi connectivity index (χ3n) is 4.46. The Hall–Kier alpha value is -2.00. The lowest BCUT2D eigenvalue weighted by Crippen LogP contribution is -2.36. The molecule has 120 valence electrons. The van der Waals surface area contributed by atoms with Crippen LogP contribution < -0.4 is 4.74 Å². The summed E-state index contributed by atoms with van der Waals surface area (Å²) in [4.78, 5) is 14.7. The number of carbonyl (C=O) groups is 1. The van der Waals surface area contributed by atoms with Gasteiger partial charge in [0.15, 0.2) is 0 Å². The Morgan fingerprint density at radius 1 is 1.22 bits per heavy atom. The van der Waals surface area contributed by atoms with Gasteiger partial charge in [-0.15, -0.1) is 0 Å². The first kappa shape index (κ1) is 15.9. The summed E-state index contributed by atoms with van der Waals surface area (Å²) in [5.74, 6) is 0.977. The van der Waals surface area contributed by atoms with Crippen molar-refractivity contribution in [3.8, 4) is 5.75 Å². The molecule has 1 fully saturated rings. The largest absolute Gasteiger partial charge is 0.497 e. The number of methoxy groups -OCH3 is 1. The van der Waals surface area contributed by atoms with Crippen molar-refractivity contribution in [2.75, 3.05) is 14.2 Å². The number of hydrogen-bond donors (Lipinski definition) is 0.